The second kappa shape index (κ2) is 10.1. The molecule has 3 amide bonds. The number of thioether (sulfide) groups is 1. The van der Waals surface area contributed by atoms with E-state index in [1.165, 1.54) is 30.8 Å². The van der Waals surface area contributed by atoms with E-state index < -0.39 is 17.8 Å². The molecule has 0 saturated heterocycles. The van der Waals surface area contributed by atoms with Gasteiger partial charge >= 0.3 is 5.97 Å². The van der Waals surface area contributed by atoms with Crippen LogP contribution in [0.25, 0.3) is 0 Å². The molecule has 0 bridgehead atoms. The lowest BCUT2D eigenvalue weighted by atomic mass is 10.2. The van der Waals surface area contributed by atoms with Gasteiger partial charge in [-0.1, -0.05) is 0 Å². The maximum atomic E-state index is 12.0. The van der Waals surface area contributed by atoms with Crippen LogP contribution in [0.4, 0.5) is 11.4 Å². The Kier molecular flexibility index (Phi) is 7.55. The smallest absolute Gasteiger partial charge is 0.331 e. The summed E-state index contributed by atoms with van der Waals surface area (Å²) in [6.07, 6.45) is 1.01. The fourth-order valence-corrected chi connectivity index (χ4v) is 2.83. The quantitative estimate of drug-likeness (QED) is 0.387. The Balaban J connectivity index is 1.84. The number of amides is 3. The number of hydrogen-bond donors (Lipinski definition) is 4. The molecule has 150 valence electrons. The van der Waals surface area contributed by atoms with Gasteiger partial charge in [0.25, 0.3) is 0 Å². The van der Waals surface area contributed by atoms with Crippen molar-refractivity contribution in [2.75, 3.05) is 16.4 Å². The number of carboxylic acids is 1. The number of rotatable bonds is 8. The summed E-state index contributed by atoms with van der Waals surface area (Å²) in [6.45, 7) is 1.33. The van der Waals surface area contributed by atoms with E-state index in [0.29, 0.717) is 16.9 Å². The van der Waals surface area contributed by atoms with Crippen molar-refractivity contribution < 1.29 is 24.3 Å². The zero-order valence-corrected chi connectivity index (χ0v) is 16.3. The van der Waals surface area contributed by atoms with E-state index in [4.69, 9.17) is 10.8 Å². The maximum absolute atomic E-state index is 12.0. The average Bonchev–Trinajstić information content (AvgIpc) is 2.67. The van der Waals surface area contributed by atoms with Gasteiger partial charge in [-0.2, -0.15) is 0 Å². The van der Waals surface area contributed by atoms with E-state index >= 15 is 0 Å². The van der Waals surface area contributed by atoms with Crippen LogP contribution in [0.5, 0.6) is 0 Å². The van der Waals surface area contributed by atoms with E-state index in [2.05, 4.69) is 10.6 Å². The summed E-state index contributed by atoms with van der Waals surface area (Å²) in [4.78, 5) is 46.3. The number of carboxylic acid groups (broad SMARTS) is 1. The third-order valence-electron chi connectivity index (χ3n) is 3.63. The third-order valence-corrected chi connectivity index (χ3v) is 4.64. The predicted molar refractivity (Wildman–Crippen MR) is 111 cm³/mol. The fraction of sp³-hybridized carbons (Fsp3) is 0.100. The van der Waals surface area contributed by atoms with Gasteiger partial charge in [-0.15, -0.1) is 11.8 Å². The maximum Gasteiger partial charge on any atom is 0.331 e. The van der Waals surface area contributed by atoms with Crippen LogP contribution in [-0.4, -0.2) is 34.6 Å². The summed E-state index contributed by atoms with van der Waals surface area (Å²) in [5.41, 5.74) is 6.53. The summed E-state index contributed by atoms with van der Waals surface area (Å²) in [5, 5.41) is 14.0. The highest BCUT2D eigenvalue weighted by molar-refractivity contribution is 8.00. The van der Waals surface area contributed by atoms with Crippen molar-refractivity contribution >= 4 is 46.8 Å². The lowest BCUT2D eigenvalue weighted by Gasteiger charge is -2.07. The standard InChI is InChI=1S/C20H19N3O5S/c1-12(20(27)28)10-17(24)22-15-6-8-16(9-7-15)29-11-18(25)23-14-4-2-13(3-5-14)19(21)26/h2-10H,11H2,1H3,(H2,21,26)(H,22,24)(H,23,25)(H,27,28). The van der Waals surface area contributed by atoms with Crippen LogP contribution in [0.2, 0.25) is 0 Å². The van der Waals surface area contributed by atoms with Gasteiger partial charge in [0.15, 0.2) is 0 Å². The molecule has 0 aromatic heterocycles. The molecule has 0 fully saturated rings. The van der Waals surface area contributed by atoms with Crippen molar-refractivity contribution in [3.63, 3.8) is 0 Å². The zero-order chi connectivity index (χ0) is 21.4. The number of benzene rings is 2. The van der Waals surface area contributed by atoms with Gasteiger partial charge < -0.3 is 21.5 Å². The summed E-state index contributed by atoms with van der Waals surface area (Å²) >= 11 is 1.31. The molecule has 0 aliphatic carbocycles. The Labute approximate surface area is 171 Å². The predicted octanol–water partition coefficient (Wildman–Crippen LogP) is 2.49. The molecule has 0 spiro atoms. The van der Waals surface area contributed by atoms with Crippen LogP contribution >= 0.6 is 11.8 Å². The minimum absolute atomic E-state index is 0.0649. The van der Waals surface area contributed by atoms with Gasteiger partial charge in [0.1, 0.15) is 0 Å². The van der Waals surface area contributed by atoms with Crippen molar-refractivity contribution in [1.29, 1.82) is 0 Å². The highest BCUT2D eigenvalue weighted by Crippen LogP contribution is 2.21. The number of nitrogens with two attached hydrogens (primary N) is 1. The first-order valence-corrected chi connectivity index (χ1v) is 9.38. The van der Waals surface area contributed by atoms with Crippen LogP contribution in [0, 0.1) is 0 Å². The molecular weight excluding hydrogens is 394 g/mol. The first kappa shape index (κ1) is 21.7. The van der Waals surface area contributed by atoms with Crippen LogP contribution in [0.15, 0.2) is 65.1 Å². The van der Waals surface area contributed by atoms with Gasteiger partial charge in [0, 0.05) is 33.5 Å². The van der Waals surface area contributed by atoms with Gasteiger partial charge in [-0.25, -0.2) is 4.79 Å². The van der Waals surface area contributed by atoms with E-state index in [0.717, 1.165) is 11.0 Å². The molecule has 9 heteroatoms. The van der Waals surface area contributed by atoms with Crippen LogP contribution in [0.1, 0.15) is 17.3 Å². The Morgan fingerprint density at radius 2 is 1.52 bits per heavy atom. The molecule has 29 heavy (non-hydrogen) atoms. The van der Waals surface area contributed by atoms with Crippen LogP contribution < -0.4 is 16.4 Å². The number of anilines is 2. The van der Waals surface area contributed by atoms with E-state index in [9.17, 15) is 19.2 Å². The number of aliphatic carboxylic acids is 1. The number of carbonyl (C=O) groups is 4. The molecule has 0 radical (unpaired) electrons. The fourth-order valence-electron chi connectivity index (χ4n) is 2.13. The van der Waals surface area contributed by atoms with Gasteiger partial charge in [0.2, 0.25) is 17.7 Å². The summed E-state index contributed by atoms with van der Waals surface area (Å²) in [7, 11) is 0. The molecule has 2 aromatic carbocycles. The van der Waals surface area contributed by atoms with Crippen molar-refractivity contribution in [2.24, 2.45) is 5.73 Å². The first-order valence-electron chi connectivity index (χ1n) is 8.40. The van der Waals surface area contributed by atoms with Crippen molar-refractivity contribution in [3.05, 3.63) is 65.7 Å². The summed E-state index contributed by atoms with van der Waals surface area (Å²) in [5.74, 6) is -2.27. The summed E-state index contributed by atoms with van der Waals surface area (Å²) < 4.78 is 0. The molecule has 2 aromatic rings. The lowest BCUT2D eigenvalue weighted by molar-refractivity contribution is -0.132. The molecule has 0 unspecified atom stereocenters. The Morgan fingerprint density at radius 1 is 0.966 bits per heavy atom. The second-order valence-electron chi connectivity index (χ2n) is 5.92. The highest BCUT2D eigenvalue weighted by atomic mass is 32.2. The number of hydrogen-bond acceptors (Lipinski definition) is 5. The van der Waals surface area contributed by atoms with Gasteiger partial charge in [0.05, 0.1) is 5.75 Å². The minimum atomic E-state index is -1.16. The zero-order valence-electron chi connectivity index (χ0n) is 15.5. The monoisotopic (exact) mass is 413 g/mol. The SMILES string of the molecule is CC(=CC(=O)Nc1ccc(SCC(=O)Nc2ccc(C(N)=O)cc2)cc1)C(=O)O. The second-order valence-corrected chi connectivity index (χ2v) is 6.97. The van der Waals surface area contributed by atoms with Gasteiger partial charge in [-0.3, -0.25) is 14.4 Å². The number of nitrogens with one attached hydrogen (secondary N) is 2. The topological polar surface area (TPSA) is 139 Å². The highest BCUT2D eigenvalue weighted by Gasteiger charge is 2.07. The Bertz CT molecular complexity index is 953. The van der Waals surface area contributed by atoms with Crippen molar-refractivity contribution in [2.45, 2.75) is 11.8 Å². The Hall–Kier alpha value is -3.59. The average molecular weight is 413 g/mol. The van der Waals surface area contributed by atoms with Gasteiger partial charge in [-0.05, 0) is 55.5 Å². The lowest BCUT2D eigenvalue weighted by Crippen LogP contribution is -2.15. The summed E-state index contributed by atoms with van der Waals surface area (Å²) in [6, 6.07) is 13.1. The molecule has 0 aliphatic heterocycles. The molecule has 0 heterocycles. The van der Waals surface area contributed by atoms with E-state index in [1.54, 1.807) is 36.4 Å². The van der Waals surface area contributed by atoms with Crippen LogP contribution in [-0.2, 0) is 14.4 Å². The molecule has 2 rings (SSSR count). The number of carbonyl (C=O) groups excluding carboxylic acids is 3. The first-order chi connectivity index (χ1) is 13.7. The molecule has 8 nitrogen and oxygen atoms in total. The van der Waals surface area contributed by atoms with Crippen molar-refractivity contribution in [1.82, 2.24) is 0 Å². The molecule has 5 N–H and O–H groups in total. The van der Waals surface area contributed by atoms with E-state index in [-0.39, 0.29) is 17.2 Å². The largest absolute Gasteiger partial charge is 0.478 e. The molecule has 0 atom stereocenters. The third kappa shape index (κ3) is 7.15. The van der Waals surface area contributed by atoms with E-state index in [1.807, 2.05) is 0 Å². The van der Waals surface area contributed by atoms with Crippen LogP contribution in [0.3, 0.4) is 0 Å². The minimum Gasteiger partial charge on any atom is -0.478 e. The molecular formula is C20H19N3O5S. The number of primary amides is 1. The molecule has 0 saturated carbocycles. The Morgan fingerprint density at radius 3 is 2.07 bits per heavy atom. The molecule has 0 aliphatic rings. The normalized spacial score (nSPS) is 10.9. The van der Waals surface area contributed by atoms with Crippen molar-refractivity contribution in [3.8, 4) is 0 Å².